The van der Waals surface area contributed by atoms with E-state index in [4.69, 9.17) is 4.74 Å². The van der Waals surface area contributed by atoms with Crippen molar-refractivity contribution in [3.63, 3.8) is 0 Å². The quantitative estimate of drug-likeness (QED) is 0.429. The molecule has 2 N–H and O–H groups in total. The highest BCUT2D eigenvalue weighted by Crippen LogP contribution is 2.35. The van der Waals surface area contributed by atoms with Crippen LogP contribution in [0, 0.1) is 0 Å². The monoisotopic (exact) mass is 479 g/mol. The van der Waals surface area contributed by atoms with E-state index in [1.165, 1.54) is 6.07 Å². The first-order valence-corrected chi connectivity index (χ1v) is 9.66. The largest absolute Gasteiger partial charge is 0.489 e. The van der Waals surface area contributed by atoms with Gasteiger partial charge in [-0.1, -0.05) is 64.5 Å². The van der Waals surface area contributed by atoms with Crippen LogP contribution in [-0.4, -0.2) is 11.2 Å². The molecule has 0 saturated heterocycles. The van der Waals surface area contributed by atoms with Gasteiger partial charge in [-0.3, -0.25) is 0 Å². The molecule has 1 atom stereocenters. The lowest BCUT2D eigenvalue weighted by molar-refractivity contribution is -0.138. The topological polar surface area (TPSA) is 58.6 Å². The number of rotatable bonds is 6. The van der Waals surface area contributed by atoms with Gasteiger partial charge in [-0.2, -0.15) is 13.2 Å². The van der Waals surface area contributed by atoms with Gasteiger partial charge in [-0.15, -0.1) is 0 Å². The second-order valence-electron chi connectivity index (χ2n) is 6.47. The fourth-order valence-electron chi connectivity index (χ4n) is 2.96. The fraction of sp³-hybridized carbons (Fsp3) is 0.136. The van der Waals surface area contributed by atoms with Crippen molar-refractivity contribution < 1.29 is 27.8 Å². The highest BCUT2D eigenvalue weighted by atomic mass is 79.9. The predicted molar refractivity (Wildman–Crippen MR) is 109 cm³/mol. The Kier molecular flexibility index (Phi) is 6.66. The molecule has 4 nitrogen and oxygen atoms in total. The van der Waals surface area contributed by atoms with Crippen molar-refractivity contribution in [3.05, 3.63) is 99.5 Å². The summed E-state index contributed by atoms with van der Waals surface area (Å²) in [6.07, 6.45) is -5.65. The third-order valence-electron chi connectivity index (χ3n) is 4.33. The van der Waals surface area contributed by atoms with Gasteiger partial charge in [0.1, 0.15) is 12.4 Å². The van der Waals surface area contributed by atoms with Crippen LogP contribution in [0.15, 0.2) is 77.3 Å². The Hall–Kier alpha value is -3.00. The molecular formula is C22H17BrF3NO3. The van der Waals surface area contributed by atoms with Crippen LogP contribution >= 0.6 is 15.9 Å². The van der Waals surface area contributed by atoms with Crippen molar-refractivity contribution in [2.24, 2.45) is 0 Å². The maximum atomic E-state index is 13.1. The Morgan fingerprint density at radius 3 is 2.37 bits per heavy atom. The van der Waals surface area contributed by atoms with Crippen LogP contribution in [0.25, 0.3) is 0 Å². The smallest absolute Gasteiger partial charge is 0.417 e. The van der Waals surface area contributed by atoms with E-state index in [0.29, 0.717) is 16.9 Å². The molecule has 3 aromatic rings. The molecule has 8 heteroatoms. The molecule has 0 spiro atoms. The van der Waals surface area contributed by atoms with Gasteiger partial charge in [0, 0.05) is 4.47 Å². The van der Waals surface area contributed by atoms with Gasteiger partial charge in [0.05, 0.1) is 11.6 Å². The number of hydrogen-bond donors (Lipinski definition) is 2. The molecule has 1 amide bonds. The highest BCUT2D eigenvalue weighted by molar-refractivity contribution is 9.10. The highest BCUT2D eigenvalue weighted by Gasteiger charge is 2.33. The second kappa shape index (κ2) is 9.21. The molecule has 0 bridgehead atoms. The van der Waals surface area contributed by atoms with Crippen molar-refractivity contribution in [2.45, 2.75) is 18.8 Å². The molecule has 3 aromatic carbocycles. The minimum Gasteiger partial charge on any atom is -0.489 e. The molecule has 0 aromatic heterocycles. The van der Waals surface area contributed by atoms with Crippen molar-refractivity contribution in [3.8, 4) is 5.75 Å². The Bertz CT molecular complexity index is 1030. The summed E-state index contributed by atoms with van der Waals surface area (Å²) in [6.45, 7) is -0.0673. The number of nitrogens with one attached hydrogen (secondary N) is 1. The van der Waals surface area contributed by atoms with E-state index in [1.54, 1.807) is 54.6 Å². The second-order valence-corrected chi connectivity index (χ2v) is 7.32. The molecule has 0 heterocycles. The molecule has 3 rings (SSSR count). The van der Waals surface area contributed by atoms with Crippen molar-refractivity contribution in [1.82, 2.24) is 5.32 Å². The van der Waals surface area contributed by atoms with E-state index in [9.17, 15) is 23.1 Å². The number of ether oxygens (including phenoxy) is 1. The molecule has 156 valence electrons. The van der Waals surface area contributed by atoms with Gasteiger partial charge in [0.15, 0.2) is 0 Å². The average Bonchev–Trinajstić information content (AvgIpc) is 2.71. The summed E-state index contributed by atoms with van der Waals surface area (Å²) in [4.78, 5) is 11.3. The summed E-state index contributed by atoms with van der Waals surface area (Å²) < 4.78 is 44.9. The molecule has 1 unspecified atom stereocenters. The Morgan fingerprint density at radius 2 is 1.70 bits per heavy atom. The molecule has 0 aliphatic heterocycles. The molecule has 0 fully saturated rings. The van der Waals surface area contributed by atoms with Crippen LogP contribution in [0.4, 0.5) is 18.0 Å². The van der Waals surface area contributed by atoms with Gasteiger partial charge in [-0.25, -0.2) is 4.79 Å². The standard InChI is InChI=1S/C22H17BrF3NO3/c23-19-10-9-14(11-18(19)22(24,25)26)13-30-17-8-4-7-16(12-17)20(27-21(28)29)15-5-2-1-3-6-15/h1-12,20,27H,13H2,(H,28,29). The zero-order chi connectivity index (χ0) is 21.7. The van der Waals surface area contributed by atoms with E-state index in [1.807, 2.05) is 6.07 Å². The summed E-state index contributed by atoms with van der Waals surface area (Å²) >= 11 is 2.91. The summed E-state index contributed by atoms with van der Waals surface area (Å²) in [5, 5.41) is 11.7. The number of benzene rings is 3. The summed E-state index contributed by atoms with van der Waals surface area (Å²) in [5.41, 5.74) is 0.985. The van der Waals surface area contributed by atoms with Crippen molar-refractivity contribution >= 4 is 22.0 Å². The molecule has 0 aliphatic carbocycles. The van der Waals surface area contributed by atoms with Crippen LogP contribution in [0.3, 0.4) is 0 Å². The maximum absolute atomic E-state index is 13.1. The molecule has 0 saturated carbocycles. The van der Waals surface area contributed by atoms with Gasteiger partial charge >= 0.3 is 12.3 Å². The number of halogens is 4. The Morgan fingerprint density at radius 1 is 1.00 bits per heavy atom. The minimum atomic E-state index is -4.47. The van der Waals surface area contributed by atoms with E-state index < -0.39 is 23.9 Å². The predicted octanol–water partition coefficient (Wildman–Crippen LogP) is 6.40. The molecule has 0 radical (unpaired) electrons. The van der Waals surface area contributed by atoms with E-state index in [-0.39, 0.29) is 11.1 Å². The van der Waals surface area contributed by atoms with Crippen LogP contribution in [0.5, 0.6) is 5.75 Å². The van der Waals surface area contributed by atoms with E-state index in [0.717, 1.165) is 11.6 Å². The summed E-state index contributed by atoms with van der Waals surface area (Å²) in [7, 11) is 0. The first kappa shape index (κ1) is 21.7. The van der Waals surface area contributed by atoms with E-state index >= 15 is 0 Å². The lowest BCUT2D eigenvalue weighted by Gasteiger charge is -2.19. The average molecular weight is 480 g/mol. The van der Waals surface area contributed by atoms with Gasteiger partial charge in [0.2, 0.25) is 0 Å². The first-order valence-electron chi connectivity index (χ1n) is 8.87. The molecule has 0 aliphatic rings. The SMILES string of the molecule is O=C(O)NC(c1ccccc1)c1cccc(OCc2ccc(Br)c(C(F)(F)F)c2)c1. The third kappa shape index (κ3) is 5.54. The Labute approximate surface area is 179 Å². The van der Waals surface area contributed by atoms with Gasteiger partial charge in [0.25, 0.3) is 0 Å². The zero-order valence-electron chi connectivity index (χ0n) is 15.5. The first-order chi connectivity index (χ1) is 14.2. The van der Waals surface area contributed by atoms with Crippen LogP contribution < -0.4 is 10.1 Å². The normalized spacial score (nSPS) is 12.3. The third-order valence-corrected chi connectivity index (χ3v) is 5.03. The molecular weight excluding hydrogens is 463 g/mol. The number of alkyl halides is 3. The minimum absolute atomic E-state index is 0.0359. The lowest BCUT2D eigenvalue weighted by Crippen LogP contribution is -2.27. The maximum Gasteiger partial charge on any atom is 0.417 e. The van der Waals surface area contributed by atoms with Crippen molar-refractivity contribution in [1.29, 1.82) is 0 Å². The van der Waals surface area contributed by atoms with Crippen LogP contribution in [0.2, 0.25) is 0 Å². The number of carbonyl (C=O) groups is 1. The lowest BCUT2D eigenvalue weighted by atomic mass is 9.98. The van der Waals surface area contributed by atoms with Crippen molar-refractivity contribution in [2.75, 3.05) is 0 Å². The van der Waals surface area contributed by atoms with E-state index in [2.05, 4.69) is 21.2 Å². The van der Waals surface area contributed by atoms with Gasteiger partial charge < -0.3 is 15.2 Å². The fourth-order valence-corrected chi connectivity index (χ4v) is 3.43. The van der Waals surface area contributed by atoms with Crippen LogP contribution in [0.1, 0.15) is 28.3 Å². The number of carboxylic acid groups (broad SMARTS) is 1. The number of hydrogen-bond acceptors (Lipinski definition) is 2. The number of amides is 1. The van der Waals surface area contributed by atoms with Crippen LogP contribution in [-0.2, 0) is 12.8 Å². The van der Waals surface area contributed by atoms with Gasteiger partial charge in [-0.05, 0) is 41.0 Å². The Balaban J connectivity index is 1.81. The summed E-state index contributed by atoms with van der Waals surface area (Å²) in [6, 6.07) is 19.1. The summed E-state index contributed by atoms with van der Waals surface area (Å²) in [5.74, 6) is 0.414. The molecule has 30 heavy (non-hydrogen) atoms. The zero-order valence-corrected chi connectivity index (χ0v) is 17.1.